The Balaban J connectivity index is 2.21. The van der Waals surface area contributed by atoms with Crippen LogP contribution in [0.3, 0.4) is 0 Å². The SMILES string of the molecule is COc1cc2c(c(OC)c1)C(=O)c1ncc(Br)cc1CC2. The summed E-state index contributed by atoms with van der Waals surface area (Å²) in [7, 11) is 3.16. The molecule has 0 spiro atoms. The lowest BCUT2D eigenvalue weighted by molar-refractivity contribution is 0.103. The van der Waals surface area contributed by atoms with Crippen molar-refractivity contribution in [2.75, 3.05) is 14.2 Å². The molecule has 1 aliphatic carbocycles. The Hall–Kier alpha value is -1.88. The van der Waals surface area contributed by atoms with E-state index in [1.165, 1.54) is 0 Å². The number of rotatable bonds is 2. The van der Waals surface area contributed by atoms with Crippen molar-refractivity contribution in [3.63, 3.8) is 0 Å². The zero-order valence-electron chi connectivity index (χ0n) is 11.8. The summed E-state index contributed by atoms with van der Waals surface area (Å²) < 4.78 is 11.5. The van der Waals surface area contributed by atoms with E-state index in [0.717, 1.165) is 28.4 Å². The van der Waals surface area contributed by atoms with Gasteiger partial charge in [0, 0.05) is 16.7 Å². The normalized spacial score (nSPS) is 13.2. The molecular weight excluding hydrogens is 334 g/mol. The van der Waals surface area contributed by atoms with Crippen molar-refractivity contribution >= 4 is 21.7 Å². The molecule has 1 aliphatic rings. The van der Waals surface area contributed by atoms with Gasteiger partial charge in [0.2, 0.25) is 5.78 Å². The molecule has 0 radical (unpaired) electrons. The first-order valence-corrected chi connectivity index (χ1v) is 7.37. The van der Waals surface area contributed by atoms with Crippen LogP contribution in [0.2, 0.25) is 0 Å². The summed E-state index contributed by atoms with van der Waals surface area (Å²) >= 11 is 3.40. The lowest BCUT2D eigenvalue weighted by atomic mass is 10.00. The smallest absolute Gasteiger partial charge is 0.215 e. The van der Waals surface area contributed by atoms with Crippen LogP contribution in [0.1, 0.15) is 27.2 Å². The van der Waals surface area contributed by atoms with Gasteiger partial charge >= 0.3 is 0 Å². The second-order valence-electron chi connectivity index (χ2n) is 4.85. The molecule has 1 aromatic heterocycles. The van der Waals surface area contributed by atoms with E-state index in [1.54, 1.807) is 26.5 Å². The quantitative estimate of drug-likeness (QED) is 0.836. The van der Waals surface area contributed by atoms with Crippen LogP contribution in [0.15, 0.2) is 28.9 Å². The molecular formula is C16H14BrNO3. The molecule has 0 saturated carbocycles. The number of nitrogens with zero attached hydrogens (tertiary/aromatic N) is 1. The molecule has 5 heteroatoms. The number of carbonyl (C=O) groups excluding carboxylic acids is 1. The van der Waals surface area contributed by atoms with E-state index < -0.39 is 0 Å². The Morgan fingerprint density at radius 2 is 1.86 bits per heavy atom. The first-order valence-electron chi connectivity index (χ1n) is 6.58. The van der Waals surface area contributed by atoms with Gasteiger partial charge in [0.15, 0.2) is 0 Å². The molecule has 21 heavy (non-hydrogen) atoms. The highest BCUT2D eigenvalue weighted by molar-refractivity contribution is 9.10. The predicted octanol–water partition coefficient (Wildman–Crippen LogP) is 3.19. The molecule has 1 aromatic carbocycles. The monoisotopic (exact) mass is 347 g/mol. The summed E-state index contributed by atoms with van der Waals surface area (Å²) in [5.74, 6) is 1.13. The predicted molar refractivity (Wildman–Crippen MR) is 82.3 cm³/mol. The maximum Gasteiger partial charge on any atom is 0.215 e. The van der Waals surface area contributed by atoms with Gasteiger partial charge in [-0.1, -0.05) is 0 Å². The van der Waals surface area contributed by atoms with Crippen molar-refractivity contribution in [1.82, 2.24) is 4.98 Å². The Bertz CT molecular complexity index is 728. The fraction of sp³-hybridized carbons (Fsp3) is 0.250. The molecule has 2 aromatic rings. The summed E-state index contributed by atoms with van der Waals surface area (Å²) in [6.07, 6.45) is 3.16. The van der Waals surface area contributed by atoms with Gasteiger partial charge < -0.3 is 9.47 Å². The molecule has 0 saturated heterocycles. The van der Waals surface area contributed by atoms with Crippen LogP contribution in [-0.2, 0) is 12.8 Å². The number of fused-ring (bicyclic) bond motifs is 2. The third-order valence-corrected chi connectivity index (χ3v) is 4.09. The number of aromatic nitrogens is 1. The highest BCUT2D eigenvalue weighted by atomic mass is 79.9. The Morgan fingerprint density at radius 1 is 1.10 bits per heavy atom. The Kier molecular flexibility index (Phi) is 3.68. The minimum Gasteiger partial charge on any atom is -0.497 e. The number of hydrogen-bond donors (Lipinski definition) is 0. The van der Waals surface area contributed by atoms with Crippen molar-refractivity contribution in [2.45, 2.75) is 12.8 Å². The zero-order chi connectivity index (χ0) is 15.0. The third kappa shape index (κ3) is 2.42. The van der Waals surface area contributed by atoms with E-state index in [4.69, 9.17) is 9.47 Å². The Labute approximate surface area is 131 Å². The van der Waals surface area contributed by atoms with E-state index in [0.29, 0.717) is 22.8 Å². The largest absolute Gasteiger partial charge is 0.497 e. The lowest BCUT2D eigenvalue weighted by Crippen LogP contribution is -2.09. The molecule has 0 unspecified atom stereocenters. The van der Waals surface area contributed by atoms with Crippen LogP contribution in [0.25, 0.3) is 0 Å². The number of aryl methyl sites for hydroxylation is 2. The van der Waals surface area contributed by atoms with Crippen molar-refractivity contribution in [1.29, 1.82) is 0 Å². The molecule has 108 valence electrons. The van der Waals surface area contributed by atoms with Crippen molar-refractivity contribution in [3.05, 3.63) is 51.3 Å². The van der Waals surface area contributed by atoms with Crippen molar-refractivity contribution < 1.29 is 14.3 Å². The van der Waals surface area contributed by atoms with E-state index >= 15 is 0 Å². The second-order valence-corrected chi connectivity index (χ2v) is 5.77. The standard InChI is InChI=1S/C16H14BrNO3/c1-20-12-6-9-3-4-10-5-11(17)8-18-15(10)16(19)14(9)13(7-12)21-2/h5-8H,3-4H2,1-2H3. The minimum absolute atomic E-state index is 0.0931. The van der Waals surface area contributed by atoms with Crippen LogP contribution >= 0.6 is 15.9 Å². The topological polar surface area (TPSA) is 48.4 Å². The lowest BCUT2D eigenvalue weighted by Gasteiger charge is -2.12. The number of carbonyl (C=O) groups is 1. The molecule has 4 nitrogen and oxygen atoms in total. The first-order chi connectivity index (χ1) is 10.1. The average molecular weight is 348 g/mol. The maximum absolute atomic E-state index is 12.8. The highest BCUT2D eigenvalue weighted by Gasteiger charge is 2.26. The number of benzene rings is 1. The zero-order valence-corrected chi connectivity index (χ0v) is 13.4. The number of pyridine rings is 1. The van der Waals surface area contributed by atoms with Crippen LogP contribution in [0.4, 0.5) is 0 Å². The molecule has 0 atom stereocenters. The number of hydrogen-bond acceptors (Lipinski definition) is 4. The second kappa shape index (κ2) is 5.48. The van der Waals surface area contributed by atoms with Gasteiger partial charge in [-0.2, -0.15) is 0 Å². The number of ketones is 1. The molecule has 0 aliphatic heterocycles. The average Bonchev–Trinajstić information content (AvgIpc) is 2.63. The number of halogens is 1. The number of methoxy groups -OCH3 is 2. The van der Waals surface area contributed by atoms with Crippen LogP contribution < -0.4 is 9.47 Å². The van der Waals surface area contributed by atoms with E-state index in [2.05, 4.69) is 20.9 Å². The van der Waals surface area contributed by atoms with Crippen LogP contribution in [0.5, 0.6) is 11.5 Å². The first kappa shape index (κ1) is 14.1. The summed E-state index contributed by atoms with van der Waals surface area (Å²) in [5, 5.41) is 0. The fourth-order valence-corrected chi connectivity index (χ4v) is 3.02. The van der Waals surface area contributed by atoms with Gasteiger partial charge in [-0.05, 0) is 52.0 Å². The van der Waals surface area contributed by atoms with Gasteiger partial charge in [-0.25, -0.2) is 0 Å². The van der Waals surface area contributed by atoms with Gasteiger partial charge in [0.1, 0.15) is 17.2 Å². The summed E-state index contributed by atoms with van der Waals surface area (Å²) in [5.41, 5.74) is 2.98. The van der Waals surface area contributed by atoms with Gasteiger partial charge in [0.05, 0.1) is 19.8 Å². The van der Waals surface area contributed by atoms with E-state index in [-0.39, 0.29) is 5.78 Å². The van der Waals surface area contributed by atoms with Gasteiger partial charge in [0.25, 0.3) is 0 Å². The van der Waals surface area contributed by atoms with Gasteiger partial charge in [-0.3, -0.25) is 9.78 Å². The summed E-state index contributed by atoms with van der Waals surface area (Å²) in [6, 6.07) is 5.59. The molecule has 0 amide bonds. The Morgan fingerprint density at radius 3 is 2.57 bits per heavy atom. The van der Waals surface area contributed by atoms with E-state index in [9.17, 15) is 4.79 Å². The number of ether oxygens (including phenoxy) is 2. The molecule has 3 rings (SSSR count). The summed E-state index contributed by atoms with van der Waals surface area (Å²) in [6.45, 7) is 0. The van der Waals surface area contributed by atoms with Crippen molar-refractivity contribution in [3.8, 4) is 11.5 Å². The molecule has 0 N–H and O–H groups in total. The maximum atomic E-state index is 12.8. The van der Waals surface area contributed by atoms with Gasteiger partial charge in [-0.15, -0.1) is 0 Å². The fourth-order valence-electron chi connectivity index (χ4n) is 2.64. The van der Waals surface area contributed by atoms with E-state index in [1.807, 2.05) is 12.1 Å². The molecule has 0 fully saturated rings. The van der Waals surface area contributed by atoms with Crippen LogP contribution in [-0.4, -0.2) is 25.0 Å². The minimum atomic E-state index is -0.0931. The van der Waals surface area contributed by atoms with Crippen molar-refractivity contribution in [2.24, 2.45) is 0 Å². The van der Waals surface area contributed by atoms with Crippen LogP contribution in [0, 0.1) is 0 Å². The molecule has 1 heterocycles. The molecule has 0 bridgehead atoms. The summed E-state index contributed by atoms with van der Waals surface area (Å²) in [4.78, 5) is 17.1. The third-order valence-electron chi connectivity index (χ3n) is 3.65. The highest BCUT2D eigenvalue weighted by Crippen LogP contribution is 2.34.